The van der Waals surface area contributed by atoms with Gasteiger partial charge in [-0.1, -0.05) is 35.3 Å². The molecule has 0 atom stereocenters. The van der Waals surface area contributed by atoms with Crippen LogP contribution in [0, 0.1) is 0 Å². The van der Waals surface area contributed by atoms with Gasteiger partial charge in [-0.15, -0.1) is 0 Å². The van der Waals surface area contributed by atoms with E-state index in [-0.39, 0.29) is 5.91 Å². The second kappa shape index (κ2) is 8.71. The summed E-state index contributed by atoms with van der Waals surface area (Å²) in [6.07, 6.45) is 0.835. The lowest BCUT2D eigenvalue weighted by atomic mass is 10.1. The molecule has 0 aliphatic carbocycles. The maximum absolute atomic E-state index is 12.1. The second-order valence-corrected chi connectivity index (χ2v) is 5.91. The molecular formula is C18H17Cl2NO3. The van der Waals surface area contributed by atoms with Crippen molar-refractivity contribution in [3.63, 3.8) is 0 Å². The smallest absolute Gasteiger partial charge is 0.338 e. The molecule has 2 aromatic rings. The minimum atomic E-state index is -0.413. The molecule has 0 aliphatic rings. The highest BCUT2D eigenvalue weighted by Gasteiger charge is 2.09. The van der Waals surface area contributed by atoms with Crippen LogP contribution in [0.4, 0.5) is 5.69 Å². The number of nitrogens with one attached hydrogen (secondary N) is 1. The highest BCUT2D eigenvalue weighted by Crippen LogP contribution is 2.23. The van der Waals surface area contributed by atoms with Crippen molar-refractivity contribution in [1.29, 1.82) is 0 Å². The maximum atomic E-state index is 12.1. The van der Waals surface area contributed by atoms with E-state index in [0.29, 0.717) is 40.7 Å². The summed E-state index contributed by atoms with van der Waals surface area (Å²) in [5, 5.41) is 3.73. The molecule has 1 amide bonds. The molecular weight excluding hydrogens is 349 g/mol. The zero-order valence-corrected chi connectivity index (χ0v) is 14.7. The van der Waals surface area contributed by atoms with Crippen molar-refractivity contribution in [2.24, 2.45) is 0 Å². The van der Waals surface area contributed by atoms with E-state index in [2.05, 4.69) is 5.32 Å². The molecule has 0 fully saturated rings. The molecule has 0 unspecified atom stereocenters. The molecule has 0 spiro atoms. The molecule has 0 radical (unpaired) electrons. The van der Waals surface area contributed by atoms with Crippen molar-refractivity contribution >= 4 is 40.8 Å². The fourth-order valence-electron chi connectivity index (χ4n) is 2.11. The van der Waals surface area contributed by atoms with Crippen molar-refractivity contribution in [2.45, 2.75) is 19.8 Å². The van der Waals surface area contributed by atoms with Crippen LogP contribution in [0.25, 0.3) is 0 Å². The lowest BCUT2D eigenvalue weighted by molar-refractivity contribution is -0.116. The molecule has 0 heterocycles. The maximum Gasteiger partial charge on any atom is 0.338 e. The van der Waals surface area contributed by atoms with Gasteiger partial charge in [0.05, 0.1) is 22.2 Å². The number of ether oxygens (including phenoxy) is 1. The summed E-state index contributed by atoms with van der Waals surface area (Å²) in [5.41, 5.74) is 1.89. The number of benzene rings is 2. The Bertz CT molecular complexity index is 747. The number of rotatable bonds is 6. The van der Waals surface area contributed by atoms with Gasteiger partial charge in [0.2, 0.25) is 5.91 Å². The summed E-state index contributed by atoms with van der Waals surface area (Å²) < 4.78 is 4.94. The van der Waals surface area contributed by atoms with E-state index in [1.54, 1.807) is 43.3 Å². The third kappa shape index (κ3) is 5.25. The summed E-state index contributed by atoms with van der Waals surface area (Å²) in [6, 6.07) is 11.9. The van der Waals surface area contributed by atoms with E-state index >= 15 is 0 Å². The van der Waals surface area contributed by atoms with Crippen molar-refractivity contribution in [2.75, 3.05) is 11.9 Å². The van der Waals surface area contributed by atoms with Crippen LogP contribution in [0.15, 0.2) is 42.5 Å². The third-order valence-electron chi connectivity index (χ3n) is 3.28. The highest BCUT2D eigenvalue weighted by atomic mass is 35.5. The van der Waals surface area contributed by atoms with Crippen LogP contribution in [0.2, 0.25) is 10.0 Å². The Balaban J connectivity index is 1.93. The monoisotopic (exact) mass is 365 g/mol. The molecule has 0 saturated carbocycles. The fraction of sp³-hybridized carbons (Fsp3) is 0.222. The van der Waals surface area contributed by atoms with E-state index < -0.39 is 5.97 Å². The normalized spacial score (nSPS) is 10.3. The Hall–Kier alpha value is -2.04. The van der Waals surface area contributed by atoms with Crippen LogP contribution >= 0.6 is 23.2 Å². The SMILES string of the molecule is CCOC(=O)c1cccc(NC(=O)CCc2ccc(Cl)c(Cl)c2)c1. The van der Waals surface area contributed by atoms with Crippen LogP contribution in [-0.4, -0.2) is 18.5 Å². The summed E-state index contributed by atoms with van der Waals surface area (Å²) >= 11 is 11.8. The first-order valence-corrected chi connectivity index (χ1v) is 8.26. The molecule has 24 heavy (non-hydrogen) atoms. The molecule has 0 bridgehead atoms. The van der Waals surface area contributed by atoms with E-state index in [1.807, 2.05) is 6.07 Å². The zero-order chi connectivity index (χ0) is 17.5. The number of halogens is 2. The minimum Gasteiger partial charge on any atom is -0.462 e. The summed E-state index contributed by atoms with van der Waals surface area (Å²) in [4.78, 5) is 23.8. The quantitative estimate of drug-likeness (QED) is 0.752. The summed E-state index contributed by atoms with van der Waals surface area (Å²) in [5.74, 6) is -0.563. The largest absolute Gasteiger partial charge is 0.462 e. The molecule has 6 heteroatoms. The van der Waals surface area contributed by atoms with Gasteiger partial charge in [0, 0.05) is 12.1 Å². The van der Waals surface area contributed by atoms with Crippen LogP contribution in [0.1, 0.15) is 29.3 Å². The lowest BCUT2D eigenvalue weighted by Gasteiger charge is -2.08. The number of hydrogen-bond donors (Lipinski definition) is 1. The summed E-state index contributed by atoms with van der Waals surface area (Å²) in [7, 11) is 0. The number of carbonyl (C=O) groups is 2. The number of carbonyl (C=O) groups excluding carboxylic acids is 2. The molecule has 2 rings (SSSR count). The van der Waals surface area contributed by atoms with Gasteiger partial charge >= 0.3 is 5.97 Å². The minimum absolute atomic E-state index is 0.151. The Morgan fingerprint density at radius 1 is 1.08 bits per heavy atom. The van der Waals surface area contributed by atoms with Crippen molar-refractivity contribution < 1.29 is 14.3 Å². The molecule has 0 aliphatic heterocycles. The first-order chi connectivity index (χ1) is 11.5. The molecule has 4 nitrogen and oxygen atoms in total. The number of anilines is 1. The average molecular weight is 366 g/mol. The Kier molecular flexibility index (Phi) is 6.64. The van der Waals surface area contributed by atoms with Gasteiger partial charge in [-0.05, 0) is 49.2 Å². The van der Waals surface area contributed by atoms with Gasteiger partial charge in [-0.25, -0.2) is 4.79 Å². The van der Waals surface area contributed by atoms with Gasteiger partial charge < -0.3 is 10.1 Å². The van der Waals surface area contributed by atoms with Gasteiger partial charge in [0.25, 0.3) is 0 Å². The number of aryl methyl sites for hydroxylation is 1. The first kappa shape index (κ1) is 18.3. The molecule has 2 aromatic carbocycles. The predicted molar refractivity (Wildman–Crippen MR) is 95.8 cm³/mol. The Labute approximate surface area is 150 Å². The standard InChI is InChI=1S/C18H17Cl2NO3/c1-2-24-18(23)13-4-3-5-14(11-13)21-17(22)9-7-12-6-8-15(19)16(20)10-12/h3-6,8,10-11H,2,7,9H2,1H3,(H,21,22). The zero-order valence-electron chi connectivity index (χ0n) is 13.1. The van der Waals surface area contributed by atoms with E-state index in [0.717, 1.165) is 5.56 Å². The molecule has 0 aromatic heterocycles. The van der Waals surface area contributed by atoms with E-state index in [4.69, 9.17) is 27.9 Å². The van der Waals surface area contributed by atoms with E-state index in [9.17, 15) is 9.59 Å². The molecule has 126 valence electrons. The van der Waals surface area contributed by atoms with E-state index in [1.165, 1.54) is 0 Å². The Morgan fingerprint density at radius 3 is 2.58 bits per heavy atom. The van der Waals surface area contributed by atoms with Crippen LogP contribution < -0.4 is 5.32 Å². The second-order valence-electron chi connectivity index (χ2n) is 5.10. The topological polar surface area (TPSA) is 55.4 Å². The van der Waals surface area contributed by atoms with Gasteiger partial charge in [-0.3, -0.25) is 4.79 Å². The molecule has 0 saturated heterocycles. The predicted octanol–water partition coefficient (Wildman–Crippen LogP) is 4.74. The number of esters is 1. The van der Waals surface area contributed by atoms with Gasteiger partial charge in [0.15, 0.2) is 0 Å². The number of hydrogen-bond acceptors (Lipinski definition) is 3. The highest BCUT2D eigenvalue weighted by molar-refractivity contribution is 6.42. The van der Waals surface area contributed by atoms with Crippen molar-refractivity contribution in [3.05, 3.63) is 63.6 Å². The van der Waals surface area contributed by atoms with Crippen LogP contribution in [0.3, 0.4) is 0 Å². The first-order valence-electron chi connectivity index (χ1n) is 7.50. The average Bonchev–Trinajstić information content (AvgIpc) is 2.56. The lowest BCUT2D eigenvalue weighted by Crippen LogP contribution is -2.13. The fourth-order valence-corrected chi connectivity index (χ4v) is 2.44. The van der Waals surface area contributed by atoms with Gasteiger partial charge in [-0.2, -0.15) is 0 Å². The third-order valence-corrected chi connectivity index (χ3v) is 4.02. The van der Waals surface area contributed by atoms with Crippen LogP contribution in [-0.2, 0) is 16.0 Å². The Morgan fingerprint density at radius 2 is 1.88 bits per heavy atom. The molecule has 1 N–H and O–H groups in total. The van der Waals surface area contributed by atoms with Crippen LogP contribution in [0.5, 0.6) is 0 Å². The van der Waals surface area contributed by atoms with Crippen molar-refractivity contribution in [1.82, 2.24) is 0 Å². The summed E-state index contributed by atoms with van der Waals surface area (Å²) in [6.45, 7) is 2.05. The van der Waals surface area contributed by atoms with Crippen molar-refractivity contribution in [3.8, 4) is 0 Å². The number of amides is 1. The van der Waals surface area contributed by atoms with Gasteiger partial charge in [0.1, 0.15) is 0 Å².